The van der Waals surface area contributed by atoms with Crippen molar-refractivity contribution >= 4 is 6.03 Å². The molecule has 0 aromatic heterocycles. The molecule has 2 amide bonds. The zero-order valence-electron chi connectivity index (χ0n) is 6.83. The summed E-state index contributed by atoms with van der Waals surface area (Å²) in [4.78, 5) is 21.2. The number of carbonyl (C=O) groups is 1. The van der Waals surface area contributed by atoms with E-state index in [0.29, 0.717) is 0 Å². The van der Waals surface area contributed by atoms with E-state index in [1.54, 1.807) is 0 Å². The molecule has 0 heterocycles. The van der Waals surface area contributed by atoms with Crippen LogP contribution < -0.4 is 5.73 Å². The van der Waals surface area contributed by atoms with Crippen molar-refractivity contribution in [1.82, 2.24) is 5.01 Å². The van der Waals surface area contributed by atoms with Crippen molar-refractivity contribution in [3.05, 3.63) is 29.2 Å². The summed E-state index contributed by atoms with van der Waals surface area (Å²) in [6.45, 7) is 0. The number of nitroso groups, excluding NO2 is 1. The number of rotatable bonds is 2. The number of amides is 2. The highest BCUT2D eigenvalue weighted by Gasteiger charge is 2.40. The Kier molecular flexibility index (Phi) is 1.65. The molecule has 5 heteroatoms. The monoisotopic (exact) mass is 179 g/mol. The van der Waals surface area contributed by atoms with Crippen molar-refractivity contribution in [2.24, 2.45) is 22.9 Å². The van der Waals surface area contributed by atoms with Gasteiger partial charge < -0.3 is 5.73 Å². The number of nitrogens with zero attached hydrogens (tertiary/aromatic N) is 2. The number of carbonyl (C=O) groups excluding carboxylic acids is 1. The van der Waals surface area contributed by atoms with Gasteiger partial charge in [0.15, 0.2) is 0 Å². The first-order valence-corrected chi connectivity index (χ1v) is 4.02. The molecular weight excluding hydrogens is 170 g/mol. The van der Waals surface area contributed by atoms with Crippen LogP contribution in [0.15, 0.2) is 29.6 Å². The molecular formula is C8H9N3O2. The zero-order valence-corrected chi connectivity index (χ0v) is 6.83. The summed E-state index contributed by atoms with van der Waals surface area (Å²) in [5.74, 6) is 0.186. The Morgan fingerprint density at radius 2 is 1.69 bits per heavy atom. The molecule has 13 heavy (non-hydrogen) atoms. The van der Waals surface area contributed by atoms with Crippen molar-refractivity contribution < 1.29 is 4.79 Å². The molecule has 0 saturated carbocycles. The number of primary amides is 1. The minimum absolute atomic E-state index is 0.0928. The number of fused-ring (bicyclic) bond motifs is 2. The van der Waals surface area contributed by atoms with E-state index in [9.17, 15) is 9.70 Å². The molecule has 0 aromatic rings. The van der Waals surface area contributed by atoms with Gasteiger partial charge in [0, 0.05) is 11.8 Å². The number of urea groups is 1. The van der Waals surface area contributed by atoms with Crippen LogP contribution in [-0.2, 0) is 0 Å². The maximum Gasteiger partial charge on any atom is 0.338 e. The number of nitrogens with two attached hydrogens (primary N) is 1. The minimum atomic E-state index is -0.789. The van der Waals surface area contributed by atoms with E-state index in [0.717, 1.165) is 5.01 Å². The fourth-order valence-corrected chi connectivity index (χ4v) is 1.92. The Balaban J connectivity index is 2.19. The summed E-state index contributed by atoms with van der Waals surface area (Å²) in [6.07, 6.45) is 7.82. The average Bonchev–Trinajstić information content (AvgIpc) is 2.66. The maximum absolute atomic E-state index is 10.8. The minimum Gasteiger partial charge on any atom is -0.350 e. The second-order valence-electron chi connectivity index (χ2n) is 3.18. The molecule has 0 saturated heterocycles. The van der Waals surface area contributed by atoms with Crippen LogP contribution in [0.3, 0.4) is 0 Å². The van der Waals surface area contributed by atoms with Gasteiger partial charge in [0.2, 0.25) is 0 Å². The van der Waals surface area contributed by atoms with Crippen LogP contribution in [0.2, 0.25) is 0 Å². The normalized spacial score (nSPS) is 33.7. The topological polar surface area (TPSA) is 75.8 Å². The lowest BCUT2D eigenvalue weighted by Crippen LogP contribution is -2.42. The van der Waals surface area contributed by atoms with Gasteiger partial charge in [-0.15, -0.1) is 4.91 Å². The second-order valence-corrected chi connectivity index (χ2v) is 3.18. The predicted octanol–water partition coefficient (Wildman–Crippen LogP) is 0.789. The zero-order chi connectivity index (χ0) is 9.42. The third-order valence-electron chi connectivity index (χ3n) is 2.50. The number of hydrogen-bond donors (Lipinski definition) is 1. The highest BCUT2D eigenvalue weighted by molar-refractivity contribution is 5.72. The van der Waals surface area contributed by atoms with Crippen molar-refractivity contribution in [3.8, 4) is 0 Å². The maximum atomic E-state index is 10.8. The quantitative estimate of drug-likeness (QED) is 0.386. The van der Waals surface area contributed by atoms with Crippen LogP contribution in [0.1, 0.15) is 0 Å². The highest BCUT2D eigenvalue weighted by atomic mass is 16.3. The van der Waals surface area contributed by atoms with Gasteiger partial charge in [-0.05, 0) is 0 Å². The van der Waals surface area contributed by atoms with E-state index in [-0.39, 0.29) is 17.9 Å². The molecule has 2 aliphatic carbocycles. The first-order valence-electron chi connectivity index (χ1n) is 4.02. The Labute approximate surface area is 74.8 Å². The van der Waals surface area contributed by atoms with Gasteiger partial charge in [0.25, 0.3) is 0 Å². The Bertz CT molecular complexity index is 281. The van der Waals surface area contributed by atoms with Crippen LogP contribution in [0.4, 0.5) is 4.79 Å². The highest BCUT2D eigenvalue weighted by Crippen LogP contribution is 2.36. The molecule has 68 valence electrons. The summed E-state index contributed by atoms with van der Waals surface area (Å²) in [5.41, 5.74) is 5.02. The van der Waals surface area contributed by atoms with Crippen LogP contribution in [-0.4, -0.2) is 17.1 Å². The molecule has 2 N–H and O–H groups in total. The SMILES string of the molecule is NC(=O)N(N=O)C1C2C=CC1C=C2. The molecule has 5 nitrogen and oxygen atoms in total. The lowest BCUT2D eigenvalue weighted by atomic mass is 10.0. The lowest BCUT2D eigenvalue weighted by molar-refractivity contribution is 0.173. The molecule has 0 fully saturated rings. The van der Waals surface area contributed by atoms with Gasteiger partial charge in [-0.1, -0.05) is 24.3 Å². The van der Waals surface area contributed by atoms with Crippen molar-refractivity contribution in [2.75, 3.05) is 0 Å². The van der Waals surface area contributed by atoms with Gasteiger partial charge in [0.05, 0.1) is 11.3 Å². The molecule has 0 spiro atoms. The van der Waals surface area contributed by atoms with Gasteiger partial charge in [-0.25, -0.2) is 4.79 Å². The van der Waals surface area contributed by atoms with Crippen molar-refractivity contribution in [1.29, 1.82) is 0 Å². The van der Waals surface area contributed by atoms with Gasteiger partial charge >= 0.3 is 6.03 Å². The van der Waals surface area contributed by atoms with E-state index >= 15 is 0 Å². The molecule has 2 aliphatic rings. The summed E-state index contributed by atoms with van der Waals surface area (Å²) in [7, 11) is 0. The number of hydrogen-bond acceptors (Lipinski definition) is 3. The molecule has 2 bridgehead atoms. The molecule has 0 aromatic carbocycles. The fraction of sp³-hybridized carbons (Fsp3) is 0.375. The molecule has 0 atom stereocenters. The Morgan fingerprint density at radius 3 is 2.00 bits per heavy atom. The van der Waals surface area contributed by atoms with Crippen LogP contribution in [0.25, 0.3) is 0 Å². The molecule has 2 rings (SSSR count). The molecule has 0 unspecified atom stereocenters. The average molecular weight is 179 g/mol. The van der Waals surface area contributed by atoms with Crippen LogP contribution in [0, 0.1) is 16.7 Å². The summed E-state index contributed by atoms with van der Waals surface area (Å²) >= 11 is 0. The van der Waals surface area contributed by atoms with Gasteiger partial charge in [0.1, 0.15) is 0 Å². The van der Waals surface area contributed by atoms with Crippen LogP contribution in [0.5, 0.6) is 0 Å². The lowest BCUT2D eigenvalue weighted by Gasteiger charge is -2.22. The Hall–Kier alpha value is -1.65. The summed E-state index contributed by atoms with van der Waals surface area (Å²) in [5, 5.41) is 3.45. The summed E-state index contributed by atoms with van der Waals surface area (Å²) in [6, 6.07) is -1.02. The predicted molar refractivity (Wildman–Crippen MR) is 46.3 cm³/mol. The van der Waals surface area contributed by atoms with E-state index in [1.807, 2.05) is 24.3 Å². The largest absolute Gasteiger partial charge is 0.350 e. The summed E-state index contributed by atoms with van der Waals surface area (Å²) < 4.78 is 0. The third-order valence-corrected chi connectivity index (χ3v) is 2.50. The second kappa shape index (κ2) is 2.69. The van der Waals surface area contributed by atoms with E-state index in [4.69, 9.17) is 5.73 Å². The Morgan fingerprint density at radius 1 is 1.23 bits per heavy atom. The van der Waals surface area contributed by atoms with Crippen LogP contribution >= 0.6 is 0 Å². The van der Waals surface area contributed by atoms with Crippen molar-refractivity contribution in [3.63, 3.8) is 0 Å². The van der Waals surface area contributed by atoms with Gasteiger partial charge in [-0.3, -0.25) is 0 Å². The van der Waals surface area contributed by atoms with Gasteiger partial charge in [-0.2, -0.15) is 5.01 Å². The van der Waals surface area contributed by atoms with E-state index in [1.165, 1.54) is 0 Å². The smallest absolute Gasteiger partial charge is 0.338 e. The third kappa shape index (κ3) is 1.04. The van der Waals surface area contributed by atoms with E-state index in [2.05, 4.69) is 5.29 Å². The standard InChI is InChI=1S/C8H9N3O2/c9-8(12)11(10-13)7-5-1-2-6(7)4-3-5/h1-7H,(H2,9,12). The van der Waals surface area contributed by atoms with Crippen molar-refractivity contribution in [2.45, 2.75) is 6.04 Å². The first-order chi connectivity index (χ1) is 6.24. The molecule has 0 aliphatic heterocycles. The van der Waals surface area contributed by atoms with E-state index < -0.39 is 6.03 Å². The molecule has 0 radical (unpaired) electrons. The first kappa shape index (κ1) is 7.97. The fourth-order valence-electron chi connectivity index (χ4n) is 1.92.